The fourth-order valence-corrected chi connectivity index (χ4v) is 4.66. The lowest BCUT2D eigenvalue weighted by molar-refractivity contribution is 0.0648. The molecular weight excluding hydrogens is 462 g/mol. The lowest BCUT2D eigenvalue weighted by Gasteiger charge is -2.38. The molecule has 1 N–H and O–H groups in total. The first-order chi connectivity index (χ1) is 17.1. The molecule has 35 heavy (non-hydrogen) atoms. The minimum atomic E-state index is -0.0553. The molecule has 4 aromatic rings. The Hall–Kier alpha value is -3.71. The zero-order chi connectivity index (χ0) is 24.4. The summed E-state index contributed by atoms with van der Waals surface area (Å²) in [5.74, 6) is 0.600. The average Bonchev–Trinajstić information content (AvgIpc) is 3.32. The predicted molar refractivity (Wildman–Crippen MR) is 138 cm³/mol. The highest BCUT2D eigenvalue weighted by atomic mass is 35.5. The summed E-state index contributed by atoms with van der Waals surface area (Å²) in [7, 11) is 1.80. The number of amides is 1. The summed E-state index contributed by atoms with van der Waals surface area (Å²) in [6, 6.07) is 13.3. The Kier molecular flexibility index (Phi) is 6.51. The second-order valence-electron chi connectivity index (χ2n) is 8.57. The Morgan fingerprint density at radius 1 is 1.20 bits per heavy atom. The Labute approximate surface area is 208 Å². The van der Waals surface area contributed by atoms with Gasteiger partial charge in [-0.3, -0.25) is 19.9 Å². The normalized spacial score (nSPS) is 15.1. The van der Waals surface area contributed by atoms with Crippen LogP contribution in [0.4, 0.5) is 0 Å². The molecular formula is C27H26ClN5O2. The number of hydrogen-bond acceptors (Lipinski definition) is 5. The molecule has 0 bridgehead atoms. The minimum Gasteiger partial charge on any atom is -0.493 e. The van der Waals surface area contributed by atoms with Crippen LogP contribution in [0.2, 0.25) is 5.02 Å². The van der Waals surface area contributed by atoms with Gasteiger partial charge in [0, 0.05) is 77.7 Å². The highest BCUT2D eigenvalue weighted by Gasteiger charge is 2.34. The van der Waals surface area contributed by atoms with Crippen molar-refractivity contribution in [2.24, 2.45) is 4.99 Å². The van der Waals surface area contributed by atoms with Crippen molar-refractivity contribution in [3.05, 3.63) is 77.2 Å². The Morgan fingerprint density at radius 3 is 2.83 bits per heavy atom. The molecule has 7 nitrogen and oxygen atoms in total. The molecule has 1 fully saturated rings. The van der Waals surface area contributed by atoms with Gasteiger partial charge >= 0.3 is 0 Å². The molecule has 0 saturated heterocycles. The van der Waals surface area contributed by atoms with E-state index in [2.05, 4.69) is 20.2 Å². The molecule has 2 heterocycles. The third kappa shape index (κ3) is 4.64. The molecule has 178 valence electrons. The molecule has 0 unspecified atom stereocenters. The van der Waals surface area contributed by atoms with Crippen LogP contribution in [-0.2, 0) is 6.54 Å². The number of halogens is 1. The van der Waals surface area contributed by atoms with E-state index in [1.807, 2.05) is 54.3 Å². The number of H-pyrrole nitrogens is 1. The fraction of sp³-hybridized carbons (Fsp3) is 0.259. The number of aromatic amines is 1. The highest BCUT2D eigenvalue weighted by Crippen LogP contribution is 2.34. The maximum absolute atomic E-state index is 13.9. The molecule has 2 aromatic heterocycles. The second-order valence-corrected chi connectivity index (χ2v) is 9.01. The largest absolute Gasteiger partial charge is 0.493 e. The monoisotopic (exact) mass is 487 g/mol. The highest BCUT2D eigenvalue weighted by molar-refractivity contribution is 6.30. The summed E-state index contributed by atoms with van der Waals surface area (Å²) in [5, 5.41) is 8.75. The van der Waals surface area contributed by atoms with Crippen molar-refractivity contribution in [3.8, 4) is 16.9 Å². The third-order valence-corrected chi connectivity index (χ3v) is 6.63. The molecule has 1 amide bonds. The minimum absolute atomic E-state index is 0.0553. The van der Waals surface area contributed by atoms with E-state index < -0.39 is 0 Å². The SMILES string of the molecule is CCOc1cc(C(=O)N(Cc2cncc3cn[nH]c23)C2CC(=NC)C2)ccc1-c1cccc(Cl)c1. The van der Waals surface area contributed by atoms with Crippen molar-refractivity contribution in [1.29, 1.82) is 0 Å². The van der Waals surface area contributed by atoms with Gasteiger partial charge in [0.1, 0.15) is 5.75 Å². The first kappa shape index (κ1) is 23.1. The molecule has 8 heteroatoms. The Balaban J connectivity index is 1.50. The standard InChI is InChI=1S/C27H26ClN5O2/c1-3-35-25-10-18(7-8-24(25)17-5-4-6-21(28)9-17)27(34)33(23-11-22(12-23)29-2)16-20-14-30-13-19-15-31-32-26(19)20/h4-10,13-15,23H,3,11-12,16H2,1-2H3,(H,31,32). The van der Waals surface area contributed by atoms with E-state index in [0.29, 0.717) is 29.5 Å². The van der Waals surface area contributed by atoms with Gasteiger partial charge < -0.3 is 9.64 Å². The van der Waals surface area contributed by atoms with E-state index in [1.54, 1.807) is 25.6 Å². The quantitative estimate of drug-likeness (QED) is 0.370. The van der Waals surface area contributed by atoms with Crippen LogP contribution < -0.4 is 4.74 Å². The number of fused-ring (bicyclic) bond motifs is 1. The number of benzene rings is 2. The first-order valence-corrected chi connectivity index (χ1v) is 12.0. The van der Waals surface area contributed by atoms with Crippen LogP contribution in [0.25, 0.3) is 22.0 Å². The number of pyridine rings is 1. The van der Waals surface area contributed by atoms with E-state index in [9.17, 15) is 4.79 Å². The maximum Gasteiger partial charge on any atom is 0.254 e. The summed E-state index contributed by atoms with van der Waals surface area (Å²) in [6.45, 7) is 2.84. The fourth-order valence-electron chi connectivity index (χ4n) is 4.47. The van der Waals surface area contributed by atoms with Gasteiger partial charge in [0.2, 0.25) is 0 Å². The second kappa shape index (κ2) is 9.88. The van der Waals surface area contributed by atoms with E-state index in [-0.39, 0.29) is 11.9 Å². The smallest absolute Gasteiger partial charge is 0.254 e. The summed E-state index contributed by atoms with van der Waals surface area (Å²) >= 11 is 6.22. The zero-order valence-electron chi connectivity index (χ0n) is 19.7. The van der Waals surface area contributed by atoms with Crippen molar-refractivity contribution in [2.75, 3.05) is 13.7 Å². The average molecular weight is 488 g/mol. The number of ether oxygens (including phenoxy) is 1. The number of hydrogen-bond donors (Lipinski definition) is 1. The lowest BCUT2D eigenvalue weighted by Crippen LogP contribution is -2.47. The van der Waals surface area contributed by atoms with Crippen molar-refractivity contribution in [2.45, 2.75) is 32.4 Å². The van der Waals surface area contributed by atoms with Crippen LogP contribution >= 0.6 is 11.6 Å². The van der Waals surface area contributed by atoms with Gasteiger partial charge in [0.15, 0.2) is 0 Å². The van der Waals surface area contributed by atoms with Crippen LogP contribution in [0, 0.1) is 0 Å². The molecule has 1 saturated carbocycles. The summed E-state index contributed by atoms with van der Waals surface area (Å²) in [6.07, 6.45) is 6.85. The summed E-state index contributed by atoms with van der Waals surface area (Å²) in [5.41, 5.74) is 5.36. The van der Waals surface area contributed by atoms with E-state index in [1.165, 1.54) is 0 Å². The number of carbonyl (C=O) groups is 1. The number of carbonyl (C=O) groups excluding carboxylic acids is 1. The van der Waals surface area contributed by atoms with Crippen molar-refractivity contribution in [1.82, 2.24) is 20.1 Å². The number of rotatable bonds is 7. The van der Waals surface area contributed by atoms with Crippen LogP contribution in [0.3, 0.4) is 0 Å². The molecule has 0 spiro atoms. The Bertz CT molecular complexity index is 1410. The van der Waals surface area contributed by atoms with Crippen LogP contribution in [0.15, 0.2) is 66.0 Å². The predicted octanol–water partition coefficient (Wildman–Crippen LogP) is 5.55. The van der Waals surface area contributed by atoms with Crippen LogP contribution in [0.1, 0.15) is 35.7 Å². The van der Waals surface area contributed by atoms with Crippen LogP contribution in [-0.4, -0.2) is 51.4 Å². The number of aromatic nitrogens is 3. The van der Waals surface area contributed by atoms with Gasteiger partial charge in [-0.25, -0.2) is 0 Å². The van der Waals surface area contributed by atoms with E-state index in [4.69, 9.17) is 16.3 Å². The van der Waals surface area contributed by atoms with E-state index in [0.717, 1.165) is 46.1 Å². The summed E-state index contributed by atoms with van der Waals surface area (Å²) in [4.78, 5) is 24.4. The molecule has 2 aromatic carbocycles. The van der Waals surface area contributed by atoms with Gasteiger partial charge in [0.05, 0.1) is 18.3 Å². The number of nitrogens with one attached hydrogen (secondary N) is 1. The number of aliphatic imine (C=N–C) groups is 1. The van der Waals surface area contributed by atoms with Gasteiger partial charge in [-0.05, 0) is 42.8 Å². The molecule has 1 aliphatic rings. The zero-order valence-corrected chi connectivity index (χ0v) is 20.4. The topological polar surface area (TPSA) is 83.5 Å². The van der Waals surface area contributed by atoms with Crippen molar-refractivity contribution >= 4 is 34.1 Å². The first-order valence-electron chi connectivity index (χ1n) is 11.6. The lowest BCUT2D eigenvalue weighted by atomic mass is 9.87. The van der Waals surface area contributed by atoms with Gasteiger partial charge in [-0.1, -0.05) is 23.7 Å². The van der Waals surface area contributed by atoms with Crippen molar-refractivity contribution in [3.63, 3.8) is 0 Å². The van der Waals surface area contributed by atoms with Gasteiger partial charge in [-0.2, -0.15) is 5.10 Å². The molecule has 5 rings (SSSR count). The van der Waals surface area contributed by atoms with E-state index >= 15 is 0 Å². The van der Waals surface area contributed by atoms with Gasteiger partial charge in [-0.15, -0.1) is 0 Å². The molecule has 0 aliphatic heterocycles. The van der Waals surface area contributed by atoms with Crippen molar-refractivity contribution < 1.29 is 9.53 Å². The molecule has 0 radical (unpaired) electrons. The molecule has 0 atom stereocenters. The maximum atomic E-state index is 13.9. The van der Waals surface area contributed by atoms with Gasteiger partial charge in [0.25, 0.3) is 5.91 Å². The third-order valence-electron chi connectivity index (χ3n) is 6.40. The number of nitrogens with zero attached hydrogens (tertiary/aromatic N) is 4. The summed E-state index contributed by atoms with van der Waals surface area (Å²) < 4.78 is 5.95. The molecule has 1 aliphatic carbocycles. The Morgan fingerprint density at radius 2 is 2.06 bits per heavy atom. The van der Waals surface area contributed by atoms with Crippen LogP contribution in [0.5, 0.6) is 5.75 Å².